The number of Topliss-reactive ketones (excluding diaryl/α,β-unsaturated/α-hetero) is 1. The summed E-state index contributed by atoms with van der Waals surface area (Å²) in [4.78, 5) is 15.9. The number of nitrogens with zero attached hydrogens (tertiary/aromatic N) is 1. The lowest BCUT2D eigenvalue weighted by Gasteiger charge is -2.09. The van der Waals surface area contributed by atoms with Crippen molar-refractivity contribution in [3.8, 4) is 0 Å². The lowest BCUT2D eigenvalue weighted by atomic mass is 9.97. The summed E-state index contributed by atoms with van der Waals surface area (Å²) >= 11 is 0. The molecule has 1 aromatic heterocycles. The van der Waals surface area contributed by atoms with Crippen molar-refractivity contribution in [1.82, 2.24) is 4.98 Å². The summed E-state index contributed by atoms with van der Waals surface area (Å²) in [7, 11) is 1.64. The Kier molecular flexibility index (Phi) is 4.43. The standard InChI is InChI=1S/C12H17NO2/c1-9-6-11(8-13-7-9)12(14)10(2)4-5-15-3/h6-8,10H,4-5H2,1-3H3. The maximum absolute atomic E-state index is 11.9. The van der Waals surface area contributed by atoms with Crippen LogP contribution in [0.2, 0.25) is 0 Å². The molecule has 1 rings (SSSR count). The predicted octanol–water partition coefficient (Wildman–Crippen LogP) is 2.25. The molecule has 0 bridgehead atoms. The Bertz CT molecular complexity index is 336. The molecule has 0 saturated carbocycles. The number of carbonyl (C=O) groups is 1. The molecule has 1 atom stereocenters. The quantitative estimate of drug-likeness (QED) is 0.695. The topological polar surface area (TPSA) is 39.2 Å². The fraction of sp³-hybridized carbons (Fsp3) is 0.500. The highest BCUT2D eigenvalue weighted by Crippen LogP contribution is 2.12. The SMILES string of the molecule is COCCC(C)C(=O)c1cncc(C)c1. The molecule has 0 N–H and O–H groups in total. The van der Waals surface area contributed by atoms with E-state index in [9.17, 15) is 4.79 Å². The first-order valence-corrected chi connectivity index (χ1v) is 5.10. The number of ether oxygens (including phenoxy) is 1. The molecule has 15 heavy (non-hydrogen) atoms. The van der Waals surface area contributed by atoms with E-state index < -0.39 is 0 Å². The van der Waals surface area contributed by atoms with Crippen LogP contribution in [-0.2, 0) is 4.74 Å². The second-order valence-electron chi connectivity index (χ2n) is 3.80. The van der Waals surface area contributed by atoms with Crippen LogP contribution in [0.25, 0.3) is 0 Å². The molecule has 0 aromatic carbocycles. The van der Waals surface area contributed by atoms with Gasteiger partial charge < -0.3 is 4.74 Å². The Morgan fingerprint density at radius 1 is 1.53 bits per heavy atom. The molecule has 3 nitrogen and oxygen atoms in total. The zero-order chi connectivity index (χ0) is 11.3. The fourth-order valence-electron chi connectivity index (χ4n) is 1.40. The van der Waals surface area contributed by atoms with Crippen LogP contribution in [-0.4, -0.2) is 24.5 Å². The van der Waals surface area contributed by atoms with Crippen LogP contribution < -0.4 is 0 Å². The minimum Gasteiger partial charge on any atom is -0.385 e. The van der Waals surface area contributed by atoms with Gasteiger partial charge in [-0.05, 0) is 25.0 Å². The van der Waals surface area contributed by atoms with Gasteiger partial charge in [0, 0.05) is 37.6 Å². The molecule has 3 heteroatoms. The summed E-state index contributed by atoms with van der Waals surface area (Å²) in [5, 5.41) is 0. The molecule has 82 valence electrons. The minimum absolute atomic E-state index is 0.00597. The molecular weight excluding hydrogens is 190 g/mol. The maximum atomic E-state index is 11.9. The Morgan fingerprint density at radius 3 is 2.87 bits per heavy atom. The molecule has 0 aliphatic rings. The highest BCUT2D eigenvalue weighted by molar-refractivity contribution is 5.97. The van der Waals surface area contributed by atoms with E-state index in [2.05, 4.69) is 4.98 Å². The minimum atomic E-state index is -0.00597. The first-order chi connectivity index (χ1) is 7.15. The van der Waals surface area contributed by atoms with Gasteiger partial charge in [-0.2, -0.15) is 0 Å². The lowest BCUT2D eigenvalue weighted by molar-refractivity contribution is 0.0893. The van der Waals surface area contributed by atoms with E-state index in [1.165, 1.54) is 0 Å². The molecular formula is C12H17NO2. The first-order valence-electron chi connectivity index (χ1n) is 5.10. The monoisotopic (exact) mass is 207 g/mol. The normalized spacial score (nSPS) is 12.5. The van der Waals surface area contributed by atoms with Gasteiger partial charge in [0.05, 0.1) is 0 Å². The molecule has 0 aliphatic carbocycles. The van der Waals surface area contributed by atoms with Crippen molar-refractivity contribution >= 4 is 5.78 Å². The highest BCUT2D eigenvalue weighted by atomic mass is 16.5. The van der Waals surface area contributed by atoms with Crippen LogP contribution in [0.3, 0.4) is 0 Å². The number of hydrogen-bond donors (Lipinski definition) is 0. The Morgan fingerprint density at radius 2 is 2.27 bits per heavy atom. The van der Waals surface area contributed by atoms with Gasteiger partial charge in [0.15, 0.2) is 5.78 Å². The Labute approximate surface area is 90.5 Å². The number of rotatable bonds is 5. The van der Waals surface area contributed by atoms with Crippen molar-refractivity contribution in [2.75, 3.05) is 13.7 Å². The van der Waals surface area contributed by atoms with Crippen LogP contribution in [0.1, 0.15) is 29.3 Å². The summed E-state index contributed by atoms with van der Waals surface area (Å²) in [5.41, 5.74) is 1.71. The third-order valence-corrected chi connectivity index (χ3v) is 2.36. The number of aryl methyl sites for hydroxylation is 1. The van der Waals surface area contributed by atoms with E-state index in [1.54, 1.807) is 19.5 Å². The zero-order valence-electron chi connectivity index (χ0n) is 9.49. The highest BCUT2D eigenvalue weighted by Gasteiger charge is 2.14. The van der Waals surface area contributed by atoms with Gasteiger partial charge in [-0.25, -0.2) is 0 Å². The smallest absolute Gasteiger partial charge is 0.167 e. The van der Waals surface area contributed by atoms with Crippen molar-refractivity contribution in [2.45, 2.75) is 20.3 Å². The number of pyridine rings is 1. The third-order valence-electron chi connectivity index (χ3n) is 2.36. The second-order valence-corrected chi connectivity index (χ2v) is 3.80. The summed E-state index contributed by atoms with van der Waals surface area (Å²) in [5.74, 6) is 0.136. The van der Waals surface area contributed by atoms with Crippen LogP contribution >= 0.6 is 0 Å². The van der Waals surface area contributed by atoms with E-state index in [-0.39, 0.29) is 11.7 Å². The Hall–Kier alpha value is -1.22. The summed E-state index contributed by atoms with van der Waals surface area (Å²) in [6, 6.07) is 1.87. The average molecular weight is 207 g/mol. The number of aromatic nitrogens is 1. The first kappa shape index (κ1) is 11.9. The van der Waals surface area contributed by atoms with Crippen molar-refractivity contribution in [1.29, 1.82) is 0 Å². The molecule has 0 saturated heterocycles. The molecule has 1 heterocycles. The van der Waals surface area contributed by atoms with Crippen LogP contribution in [0.4, 0.5) is 0 Å². The molecule has 1 unspecified atom stereocenters. The summed E-state index contributed by atoms with van der Waals surface area (Å²) in [6.45, 7) is 4.47. The van der Waals surface area contributed by atoms with Gasteiger partial charge in [0.1, 0.15) is 0 Å². The number of ketones is 1. The van der Waals surface area contributed by atoms with Gasteiger partial charge >= 0.3 is 0 Å². The van der Waals surface area contributed by atoms with E-state index in [1.807, 2.05) is 19.9 Å². The van der Waals surface area contributed by atoms with Crippen molar-refractivity contribution in [2.24, 2.45) is 5.92 Å². The van der Waals surface area contributed by atoms with E-state index in [0.717, 1.165) is 12.0 Å². The lowest BCUT2D eigenvalue weighted by Crippen LogP contribution is -2.13. The average Bonchev–Trinajstić information content (AvgIpc) is 2.24. The van der Waals surface area contributed by atoms with E-state index >= 15 is 0 Å². The molecule has 0 spiro atoms. The van der Waals surface area contributed by atoms with E-state index in [4.69, 9.17) is 4.74 Å². The molecule has 0 aliphatic heterocycles. The van der Waals surface area contributed by atoms with Crippen molar-refractivity contribution < 1.29 is 9.53 Å². The van der Waals surface area contributed by atoms with Gasteiger partial charge in [0.25, 0.3) is 0 Å². The van der Waals surface area contributed by atoms with Gasteiger partial charge in [-0.15, -0.1) is 0 Å². The van der Waals surface area contributed by atoms with Gasteiger partial charge in [-0.1, -0.05) is 6.92 Å². The molecule has 0 fully saturated rings. The number of carbonyl (C=O) groups excluding carboxylic acids is 1. The van der Waals surface area contributed by atoms with E-state index in [0.29, 0.717) is 12.2 Å². The largest absolute Gasteiger partial charge is 0.385 e. The molecule has 0 radical (unpaired) electrons. The summed E-state index contributed by atoms with van der Waals surface area (Å²) in [6.07, 6.45) is 4.12. The fourth-order valence-corrected chi connectivity index (χ4v) is 1.40. The van der Waals surface area contributed by atoms with Crippen molar-refractivity contribution in [3.05, 3.63) is 29.6 Å². The zero-order valence-corrected chi connectivity index (χ0v) is 9.49. The van der Waals surface area contributed by atoms with Crippen LogP contribution in [0.15, 0.2) is 18.5 Å². The second kappa shape index (κ2) is 5.61. The summed E-state index contributed by atoms with van der Waals surface area (Å²) < 4.78 is 4.95. The predicted molar refractivity (Wildman–Crippen MR) is 59.0 cm³/mol. The van der Waals surface area contributed by atoms with Gasteiger partial charge in [-0.3, -0.25) is 9.78 Å². The molecule has 1 aromatic rings. The van der Waals surface area contributed by atoms with Crippen molar-refractivity contribution in [3.63, 3.8) is 0 Å². The number of hydrogen-bond acceptors (Lipinski definition) is 3. The Balaban J connectivity index is 2.67. The van der Waals surface area contributed by atoms with Gasteiger partial charge in [0.2, 0.25) is 0 Å². The van der Waals surface area contributed by atoms with Crippen LogP contribution in [0.5, 0.6) is 0 Å². The third kappa shape index (κ3) is 3.44. The molecule has 0 amide bonds. The number of methoxy groups -OCH3 is 1. The maximum Gasteiger partial charge on any atom is 0.167 e. The van der Waals surface area contributed by atoms with Crippen LogP contribution in [0, 0.1) is 12.8 Å².